The molecular weight excluding hydrogens is 346 g/mol. The number of amides is 1. The molecule has 1 aliphatic rings. The Hall–Kier alpha value is -2.29. The van der Waals surface area contributed by atoms with Crippen LogP contribution in [0.1, 0.15) is 18.9 Å². The summed E-state index contributed by atoms with van der Waals surface area (Å²) < 4.78 is 10.4. The van der Waals surface area contributed by atoms with Gasteiger partial charge in [0.15, 0.2) is 0 Å². The highest BCUT2D eigenvalue weighted by Crippen LogP contribution is 2.23. The van der Waals surface area contributed by atoms with Crippen molar-refractivity contribution in [1.29, 1.82) is 0 Å². The number of nitrogens with one attached hydrogen (secondary N) is 1. The van der Waals surface area contributed by atoms with Crippen molar-refractivity contribution in [2.75, 3.05) is 53.0 Å². The maximum Gasteiger partial charge on any atom is 0.244 e. The first-order chi connectivity index (χ1) is 13.2. The van der Waals surface area contributed by atoms with Crippen LogP contribution in [0.15, 0.2) is 34.9 Å². The van der Waals surface area contributed by atoms with Crippen molar-refractivity contribution in [1.82, 2.24) is 25.3 Å². The lowest BCUT2D eigenvalue weighted by Crippen LogP contribution is -2.50. The predicted molar refractivity (Wildman–Crippen MR) is 101 cm³/mol. The maximum atomic E-state index is 11.9. The second-order valence-electron chi connectivity index (χ2n) is 6.65. The predicted octanol–water partition coefficient (Wildman–Crippen LogP) is 1.18. The molecule has 0 spiro atoms. The van der Waals surface area contributed by atoms with E-state index in [-0.39, 0.29) is 11.9 Å². The molecule has 1 saturated heterocycles. The summed E-state index contributed by atoms with van der Waals surface area (Å²) >= 11 is 0. The summed E-state index contributed by atoms with van der Waals surface area (Å²) in [5, 5.41) is 6.96. The van der Waals surface area contributed by atoms with E-state index < -0.39 is 0 Å². The standard InChI is InChI=1S/C19H27N5O3/c1-15(19-21-18(22-27-19)16-6-4-3-5-7-16)24-11-9-23(10-12-24)14-17(25)20-8-13-26-2/h3-7,15H,8-14H2,1-2H3,(H,20,25). The van der Waals surface area contributed by atoms with E-state index in [1.165, 1.54) is 0 Å². The normalized spacial score (nSPS) is 17.0. The largest absolute Gasteiger partial charge is 0.383 e. The molecule has 3 rings (SSSR count). The Labute approximate surface area is 159 Å². The molecule has 27 heavy (non-hydrogen) atoms. The number of benzene rings is 1. The van der Waals surface area contributed by atoms with Gasteiger partial charge in [-0.3, -0.25) is 14.6 Å². The van der Waals surface area contributed by atoms with E-state index in [1.807, 2.05) is 30.3 Å². The van der Waals surface area contributed by atoms with E-state index in [0.29, 0.717) is 31.4 Å². The molecule has 0 radical (unpaired) electrons. The minimum absolute atomic E-state index is 0.0398. The van der Waals surface area contributed by atoms with Crippen LogP contribution in [0.4, 0.5) is 0 Å². The summed E-state index contributed by atoms with van der Waals surface area (Å²) in [6, 6.07) is 9.86. The third kappa shape index (κ3) is 5.35. The highest BCUT2D eigenvalue weighted by Gasteiger charge is 2.26. The zero-order chi connectivity index (χ0) is 19.1. The number of rotatable bonds is 8. The number of nitrogens with zero attached hydrogens (tertiary/aromatic N) is 4. The molecule has 0 bridgehead atoms. The zero-order valence-electron chi connectivity index (χ0n) is 15.9. The van der Waals surface area contributed by atoms with Gasteiger partial charge >= 0.3 is 0 Å². The fourth-order valence-corrected chi connectivity index (χ4v) is 3.13. The Morgan fingerprint density at radius 2 is 2.00 bits per heavy atom. The Kier molecular flexibility index (Phi) is 6.92. The van der Waals surface area contributed by atoms with E-state index in [0.717, 1.165) is 31.7 Å². The SMILES string of the molecule is COCCNC(=O)CN1CCN(C(C)c2nc(-c3ccccc3)no2)CC1. The monoisotopic (exact) mass is 373 g/mol. The van der Waals surface area contributed by atoms with Gasteiger partial charge in [-0.2, -0.15) is 4.98 Å². The average molecular weight is 373 g/mol. The van der Waals surface area contributed by atoms with Gasteiger partial charge in [0.05, 0.1) is 19.2 Å². The van der Waals surface area contributed by atoms with Crippen LogP contribution in [0, 0.1) is 0 Å². The molecule has 1 fully saturated rings. The Morgan fingerprint density at radius 1 is 1.26 bits per heavy atom. The summed E-state index contributed by atoms with van der Waals surface area (Å²) in [6.45, 7) is 6.97. The number of carbonyl (C=O) groups is 1. The van der Waals surface area contributed by atoms with Gasteiger partial charge in [0.1, 0.15) is 0 Å². The second-order valence-corrected chi connectivity index (χ2v) is 6.65. The van der Waals surface area contributed by atoms with Crippen LogP contribution in [0.5, 0.6) is 0 Å². The summed E-state index contributed by atoms with van der Waals surface area (Å²) in [6.07, 6.45) is 0. The lowest BCUT2D eigenvalue weighted by atomic mass is 10.2. The quantitative estimate of drug-likeness (QED) is 0.696. The van der Waals surface area contributed by atoms with Crippen LogP contribution >= 0.6 is 0 Å². The highest BCUT2D eigenvalue weighted by molar-refractivity contribution is 5.78. The Bertz CT molecular complexity index is 713. The number of hydrogen-bond donors (Lipinski definition) is 1. The average Bonchev–Trinajstić information content (AvgIpc) is 3.19. The molecule has 2 aromatic rings. The van der Waals surface area contributed by atoms with Crippen molar-refractivity contribution >= 4 is 5.91 Å². The van der Waals surface area contributed by atoms with Crippen molar-refractivity contribution in [2.45, 2.75) is 13.0 Å². The fraction of sp³-hybridized carbons (Fsp3) is 0.526. The molecule has 146 valence electrons. The number of carbonyl (C=O) groups excluding carboxylic acids is 1. The smallest absolute Gasteiger partial charge is 0.244 e. The summed E-state index contributed by atoms with van der Waals surface area (Å²) in [5.74, 6) is 1.28. The van der Waals surface area contributed by atoms with E-state index in [2.05, 4.69) is 32.2 Å². The van der Waals surface area contributed by atoms with Gasteiger partial charge in [0, 0.05) is 45.4 Å². The Morgan fingerprint density at radius 3 is 2.70 bits per heavy atom. The minimum atomic E-state index is 0.0398. The number of aromatic nitrogens is 2. The van der Waals surface area contributed by atoms with Gasteiger partial charge in [-0.1, -0.05) is 35.5 Å². The molecule has 1 amide bonds. The van der Waals surface area contributed by atoms with Gasteiger partial charge < -0.3 is 14.6 Å². The van der Waals surface area contributed by atoms with Gasteiger partial charge in [-0.15, -0.1) is 0 Å². The van der Waals surface area contributed by atoms with Crippen LogP contribution in [0.25, 0.3) is 11.4 Å². The molecule has 1 aromatic heterocycles. The highest BCUT2D eigenvalue weighted by atomic mass is 16.5. The summed E-state index contributed by atoms with van der Waals surface area (Å²) in [5.41, 5.74) is 0.948. The lowest BCUT2D eigenvalue weighted by molar-refractivity contribution is -0.122. The van der Waals surface area contributed by atoms with E-state index in [9.17, 15) is 4.79 Å². The van der Waals surface area contributed by atoms with Crippen LogP contribution in [0.2, 0.25) is 0 Å². The first-order valence-electron chi connectivity index (χ1n) is 9.28. The van der Waals surface area contributed by atoms with Crippen molar-refractivity contribution < 1.29 is 14.1 Å². The number of hydrogen-bond acceptors (Lipinski definition) is 7. The molecule has 2 heterocycles. The molecule has 1 aliphatic heterocycles. The molecule has 0 aliphatic carbocycles. The van der Waals surface area contributed by atoms with E-state index in [1.54, 1.807) is 7.11 Å². The van der Waals surface area contributed by atoms with Crippen molar-refractivity contribution in [3.63, 3.8) is 0 Å². The topological polar surface area (TPSA) is 83.7 Å². The fourth-order valence-electron chi connectivity index (χ4n) is 3.13. The van der Waals surface area contributed by atoms with Gasteiger partial charge in [-0.05, 0) is 6.92 Å². The molecule has 1 aromatic carbocycles. The van der Waals surface area contributed by atoms with Gasteiger partial charge in [0.25, 0.3) is 0 Å². The number of piperazine rings is 1. The lowest BCUT2D eigenvalue weighted by Gasteiger charge is -2.36. The van der Waals surface area contributed by atoms with Crippen molar-refractivity contribution in [3.05, 3.63) is 36.2 Å². The zero-order valence-corrected chi connectivity index (χ0v) is 15.9. The van der Waals surface area contributed by atoms with Crippen molar-refractivity contribution in [2.24, 2.45) is 0 Å². The Balaban J connectivity index is 1.48. The maximum absolute atomic E-state index is 11.9. The minimum Gasteiger partial charge on any atom is -0.383 e. The molecule has 1 unspecified atom stereocenters. The van der Waals surface area contributed by atoms with E-state index in [4.69, 9.17) is 9.26 Å². The van der Waals surface area contributed by atoms with Crippen molar-refractivity contribution in [3.8, 4) is 11.4 Å². The van der Waals surface area contributed by atoms with Crippen LogP contribution < -0.4 is 5.32 Å². The molecule has 0 saturated carbocycles. The number of ether oxygens (including phenoxy) is 1. The number of methoxy groups -OCH3 is 1. The molecular formula is C19H27N5O3. The van der Waals surface area contributed by atoms with Gasteiger partial charge in [0.2, 0.25) is 17.6 Å². The van der Waals surface area contributed by atoms with Crippen LogP contribution in [0.3, 0.4) is 0 Å². The van der Waals surface area contributed by atoms with Crippen LogP contribution in [-0.2, 0) is 9.53 Å². The molecule has 8 heteroatoms. The van der Waals surface area contributed by atoms with E-state index >= 15 is 0 Å². The molecule has 1 N–H and O–H groups in total. The third-order valence-electron chi connectivity index (χ3n) is 4.78. The first-order valence-corrected chi connectivity index (χ1v) is 9.28. The summed E-state index contributed by atoms with van der Waals surface area (Å²) in [4.78, 5) is 20.9. The second kappa shape index (κ2) is 9.59. The third-order valence-corrected chi connectivity index (χ3v) is 4.78. The summed E-state index contributed by atoms with van der Waals surface area (Å²) in [7, 11) is 1.62. The van der Waals surface area contributed by atoms with Gasteiger partial charge in [-0.25, -0.2) is 0 Å². The first kappa shape index (κ1) is 19.5. The molecule has 8 nitrogen and oxygen atoms in total. The van der Waals surface area contributed by atoms with Crippen LogP contribution in [-0.4, -0.2) is 78.8 Å². The molecule has 1 atom stereocenters.